The van der Waals surface area contributed by atoms with Crippen LogP contribution < -0.4 is 10.6 Å². The average molecular weight is 271 g/mol. The number of carboxylic acids is 1. The summed E-state index contributed by atoms with van der Waals surface area (Å²) in [7, 11) is 0. The molecule has 5 heteroatoms. The van der Waals surface area contributed by atoms with Crippen LogP contribution in [-0.4, -0.2) is 35.2 Å². The van der Waals surface area contributed by atoms with E-state index in [-0.39, 0.29) is 11.7 Å². The van der Waals surface area contributed by atoms with Gasteiger partial charge in [0.15, 0.2) is 5.69 Å². The number of para-hydroxylation sites is 1. The van der Waals surface area contributed by atoms with E-state index in [0.717, 1.165) is 37.0 Å². The Bertz CT molecular complexity index is 657. The minimum absolute atomic E-state index is 0.0813. The third kappa shape index (κ3) is 2.32. The van der Waals surface area contributed by atoms with Crippen molar-refractivity contribution in [3.8, 4) is 0 Å². The highest BCUT2D eigenvalue weighted by molar-refractivity contribution is 5.97. The maximum absolute atomic E-state index is 11.2. The van der Waals surface area contributed by atoms with E-state index in [0.29, 0.717) is 5.52 Å². The highest BCUT2D eigenvalue weighted by Gasteiger charge is 2.20. The van der Waals surface area contributed by atoms with Gasteiger partial charge < -0.3 is 15.7 Å². The molecule has 1 aliphatic heterocycles. The highest BCUT2D eigenvalue weighted by atomic mass is 16.4. The van der Waals surface area contributed by atoms with Gasteiger partial charge in [-0.05, 0) is 25.0 Å². The van der Waals surface area contributed by atoms with Crippen molar-refractivity contribution in [1.29, 1.82) is 0 Å². The number of anilines is 1. The van der Waals surface area contributed by atoms with Crippen molar-refractivity contribution < 1.29 is 9.90 Å². The topological polar surface area (TPSA) is 79.5 Å². The molecule has 3 N–H and O–H groups in total. The fourth-order valence-corrected chi connectivity index (χ4v) is 2.76. The second-order valence-electron chi connectivity index (χ2n) is 5.20. The molecule has 0 saturated carbocycles. The van der Waals surface area contributed by atoms with Gasteiger partial charge in [0, 0.05) is 30.2 Å². The van der Waals surface area contributed by atoms with E-state index in [9.17, 15) is 9.90 Å². The Morgan fingerprint density at radius 3 is 2.95 bits per heavy atom. The molecule has 1 aliphatic rings. The number of piperidine rings is 1. The molecule has 0 bridgehead atoms. The van der Waals surface area contributed by atoms with Crippen LogP contribution in [0.1, 0.15) is 23.3 Å². The van der Waals surface area contributed by atoms with Crippen molar-refractivity contribution in [2.45, 2.75) is 18.9 Å². The molecule has 1 aromatic carbocycles. The first-order valence-electron chi connectivity index (χ1n) is 6.79. The Labute approximate surface area is 117 Å². The van der Waals surface area contributed by atoms with Gasteiger partial charge in [-0.2, -0.15) is 0 Å². The molecule has 0 amide bonds. The van der Waals surface area contributed by atoms with Crippen molar-refractivity contribution >= 4 is 22.6 Å². The van der Waals surface area contributed by atoms with Crippen LogP contribution in [0.25, 0.3) is 10.9 Å². The number of aromatic carboxylic acids is 1. The molecule has 1 atom stereocenters. The molecule has 0 radical (unpaired) electrons. The number of fused-ring (bicyclic) bond motifs is 1. The van der Waals surface area contributed by atoms with E-state index in [2.05, 4.69) is 9.88 Å². The van der Waals surface area contributed by atoms with Crippen LogP contribution in [0.3, 0.4) is 0 Å². The third-order valence-electron chi connectivity index (χ3n) is 3.71. The lowest BCUT2D eigenvalue weighted by molar-refractivity contribution is 0.0691. The van der Waals surface area contributed by atoms with Crippen LogP contribution in [0, 0.1) is 0 Å². The predicted octanol–water partition coefficient (Wildman–Crippen LogP) is 1.86. The van der Waals surface area contributed by atoms with Crippen LogP contribution in [0.4, 0.5) is 5.69 Å². The van der Waals surface area contributed by atoms with E-state index in [1.54, 1.807) is 6.07 Å². The molecule has 2 heterocycles. The summed E-state index contributed by atoms with van der Waals surface area (Å²) in [6.45, 7) is 1.66. The average Bonchev–Trinajstić information content (AvgIpc) is 2.46. The van der Waals surface area contributed by atoms with E-state index < -0.39 is 5.97 Å². The molecule has 2 aromatic rings. The third-order valence-corrected chi connectivity index (χ3v) is 3.71. The Morgan fingerprint density at radius 2 is 2.20 bits per heavy atom. The summed E-state index contributed by atoms with van der Waals surface area (Å²) in [6, 6.07) is 9.43. The minimum atomic E-state index is -1.00. The van der Waals surface area contributed by atoms with Crippen LogP contribution in [0.5, 0.6) is 0 Å². The number of pyridine rings is 1. The Morgan fingerprint density at radius 1 is 1.40 bits per heavy atom. The normalized spacial score (nSPS) is 19.2. The van der Waals surface area contributed by atoms with Gasteiger partial charge in [0.05, 0.1) is 5.52 Å². The van der Waals surface area contributed by atoms with E-state index in [1.807, 2.05) is 24.3 Å². The Balaban J connectivity index is 2.14. The van der Waals surface area contributed by atoms with Gasteiger partial charge in [-0.25, -0.2) is 9.78 Å². The molecular weight excluding hydrogens is 254 g/mol. The zero-order valence-electron chi connectivity index (χ0n) is 11.1. The zero-order valence-corrected chi connectivity index (χ0v) is 11.1. The summed E-state index contributed by atoms with van der Waals surface area (Å²) >= 11 is 0. The van der Waals surface area contributed by atoms with Gasteiger partial charge in [-0.15, -0.1) is 0 Å². The van der Waals surface area contributed by atoms with Gasteiger partial charge in [0.2, 0.25) is 0 Å². The molecule has 1 fully saturated rings. The zero-order chi connectivity index (χ0) is 14.1. The molecule has 104 valence electrons. The fraction of sp³-hybridized carbons (Fsp3) is 0.333. The molecule has 5 nitrogen and oxygen atoms in total. The van der Waals surface area contributed by atoms with E-state index in [4.69, 9.17) is 5.73 Å². The first-order valence-corrected chi connectivity index (χ1v) is 6.79. The van der Waals surface area contributed by atoms with Gasteiger partial charge in [0.1, 0.15) is 0 Å². The summed E-state index contributed by atoms with van der Waals surface area (Å²) in [5.74, 6) is -1.00. The van der Waals surface area contributed by atoms with Crippen molar-refractivity contribution in [2.24, 2.45) is 5.73 Å². The van der Waals surface area contributed by atoms with Crippen LogP contribution in [0.2, 0.25) is 0 Å². The number of benzene rings is 1. The lowest BCUT2D eigenvalue weighted by Gasteiger charge is -2.33. The first-order chi connectivity index (χ1) is 9.65. The number of nitrogens with zero attached hydrogens (tertiary/aromatic N) is 2. The van der Waals surface area contributed by atoms with Gasteiger partial charge >= 0.3 is 5.97 Å². The number of aromatic nitrogens is 1. The smallest absolute Gasteiger partial charge is 0.354 e. The van der Waals surface area contributed by atoms with E-state index >= 15 is 0 Å². The molecule has 1 saturated heterocycles. The van der Waals surface area contributed by atoms with E-state index in [1.165, 1.54) is 0 Å². The fourth-order valence-electron chi connectivity index (χ4n) is 2.76. The Kier molecular flexibility index (Phi) is 3.28. The second-order valence-corrected chi connectivity index (χ2v) is 5.20. The molecule has 1 unspecified atom stereocenters. The van der Waals surface area contributed by atoms with Crippen molar-refractivity contribution in [1.82, 2.24) is 4.98 Å². The molecule has 0 spiro atoms. The Hall–Kier alpha value is -2.14. The van der Waals surface area contributed by atoms with Crippen LogP contribution in [0.15, 0.2) is 30.3 Å². The predicted molar refractivity (Wildman–Crippen MR) is 78.1 cm³/mol. The maximum atomic E-state index is 11.2. The highest BCUT2D eigenvalue weighted by Crippen LogP contribution is 2.28. The summed E-state index contributed by atoms with van der Waals surface area (Å²) in [6.07, 6.45) is 2.05. The number of carboxylic acid groups (broad SMARTS) is 1. The summed E-state index contributed by atoms with van der Waals surface area (Å²) in [4.78, 5) is 17.6. The largest absolute Gasteiger partial charge is 0.477 e. The number of nitrogens with two attached hydrogens (primary N) is 1. The first kappa shape index (κ1) is 12.9. The van der Waals surface area contributed by atoms with Crippen molar-refractivity contribution in [3.05, 3.63) is 36.0 Å². The number of rotatable bonds is 2. The standard InChI is InChI=1S/C15H17N3O2/c16-10-4-3-7-18(9-10)14-8-13(15(19)20)17-12-6-2-1-5-11(12)14/h1-2,5-6,8,10H,3-4,7,9,16H2,(H,19,20). The quantitative estimate of drug-likeness (QED) is 0.871. The van der Waals surface area contributed by atoms with Crippen LogP contribution >= 0.6 is 0 Å². The van der Waals surface area contributed by atoms with Gasteiger partial charge in [-0.3, -0.25) is 0 Å². The number of carbonyl (C=O) groups is 1. The molecule has 1 aromatic heterocycles. The minimum Gasteiger partial charge on any atom is -0.477 e. The summed E-state index contributed by atoms with van der Waals surface area (Å²) in [5.41, 5.74) is 7.74. The molecule has 3 rings (SSSR count). The number of hydrogen-bond donors (Lipinski definition) is 2. The molecule has 20 heavy (non-hydrogen) atoms. The van der Waals surface area contributed by atoms with Gasteiger partial charge in [0.25, 0.3) is 0 Å². The lowest BCUT2D eigenvalue weighted by Crippen LogP contribution is -2.43. The molecular formula is C15H17N3O2. The molecule has 0 aliphatic carbocycles. The SMILES string of the molecule is NC1CCCN(c2cc(C(=O)O)nc3ccccc23)C1. The van der Waals surface area contributed by atoms with Gasteiger partial charge in [-0.1, -0.05) is 18.2 Å². The van der Waals surface area contributed by atoms with Crippen molar-refractivity contribution in [3.63, 3.8) is 0 Å². The maximum Gasteiger partial charge on any atom is 0.354 e. The lowest BCUT2D eigenvalue weighted by atomic mass is 10.0. The summed E-state index contributed by atoms with van der Waals surface area (Å²) in [5, 5.41) is 10.2. The number of hydrogen-bond acceptors (Lipinski definition) is 4. The second kappa shape index (κ2) is 5.09. The van der Waals surface area contributed by atoms with Crippen molar-refractivity contribution in [2.75, 3.05) is 18.0 Å². The monoisotopic (exact) mass is 271 g/mol. The summed E-state index contributed by atoms with van der Waals surface area (Å²) < 4.78 is 0. The van der Waals surface area contributed by atoms with Crippen LogP contribution in [-0.2, 0) is 0 Å².